The maximum absolute atomic E-state index is 14.4. The molecule has 4 aromatic rings. The molecule has 0 aliphatic heterocycles. The second-order valence-electron chi connectivity index (χ2n) is 8.50. The quantitative estimate of drug-likeness (QED) is 0.411. The molecule has 0 atom stereocenters. The third-order valence-electron chi connectivity index (χ3n) is 5.34. The second kappa shape index (κ2) is 9.19. The van der Waals surface area contributed by atoms with Gasteiger partial charge in [-0.2, -0.15) is 0 Å². The van der Waals surface area contributed by atoms with E-state index in [0.29, 0.717) is 16.9 Å². The van der Waals surface area contributed by atoms with Gasteiger partial charge in [-0.05, 0) is 62.7 Å². The van der Waals surface area contributed by atoms with E-state index in [-0.39, 0.29) is 22.9 Å². The SMILES string of the molecule is Cc1ccc(-c2ccnc(C(C)(C)O)n2)cc1N(C(N)=O)c1cccc(-c2ccc(F)cc2F)n1. The lowest BCUT2D eigenvalue weighted by Gasteiger charge is -2.23. The van der Waals surface area contributed by atoms with Crippen molar-refractivity contribution >= 4 is 17.5 Å². The smallest absolute Gasteiger partial charge is 0.325 e. The molecular weight excluding hydrogens is 452 g/mol. The van der Waals surface area contributed by atoms with E-state index >= 15 is 0 Å². The van der Waals surface area contributed by atoms with Gasteiger partial charge in [0.1, 0.15) is 23.1 Å². The average Bonchev–Trinajstić information content (AvgIpc) is 2.80. The van der Waals surface area contributed by atoms with Crippen LogP contribution in [0.15, 0.2) is 66.9 Å². The van der Waals surface area contributed by atoms with Gasteiger partial charge in [0.2, 0.25) is 0 Å². The number of amides is 2. The zero-order valence-electron chi connectivity index (χ0n) is 19.3. The summed E-state index contributed by atoms with van der Waals surface area (Å²) in [5.74, 6) is -1.06. The van der Waals surface area contributed by atoms with E-state index in [9.17, 15) is 18.7 Å². The Morgan fingerprint density at radius 3 is 2.46 bits per heavy atom. The molecule has 35 heavy (non-hydrogen) atoms. The molecule has 9 heteroatoms. The van der Waals surface area contributed by atoms with E-state index in [1.54, 1.807) is 63.4 Å². The molecule has 4 rings (SSSR count). The first-order chi connectivity index (χ1) is 16.5. The first-order valence-corrected chi connectivity index (χ1v) is 10.7. The predicted molar refractivity (Wildman–Crippen MR) is 129 cm³/mol. The van der Waals surface area contributed by atoms with Crippen LogP contribution in [0.25, 0.3) is 22.5 Å². The lowest BCUT2D eigenvalue weighted by atomic mass is 10.0. The molecule has 7 nitrogen and oxygen atoms in total. The summed E-state index contributed by atoms with van der Waals surface area (Å²) in [7, 11) is 0. The Kier molecular flexibility index (Phi) is 6.27. The topological polar surface area (TPSA) is 105 Å². The van der Waals surface area contributed by atoms with Crippen molar-refractivity contribution in [2.24, 2.45) is 5.73 Å². The van der Waals surface area contributed by atoms with Gasteiger partial charge in [-0.1, -0.05) is 18.2 Å². The van der Waals surface area contributed by atoms with Gasteiger partial charge in [-0.15, -0.1) is 0 Å². The summed E-state index contributed by atoms with van der Waals surface area (Å²) < 4.78 is 27.7. The Morgan fingerprint density at radius 2 is 1.77 bits per heavy atom. The van der Waals surface area contributed by atoms with E-state index in [1.807, 2.05) is 6.07 Å². The number of halogens is 2. The van der Waals surface area contributed by atoms with Crippen molar-refractivity contribution in [3.63, 3.8) is 0 Å². The molecule has 0 radical (unpaired) electrons. The molecule has 0 saturated carbocycles. The van der Waals surface area contributed by atoms with Crippen LogP contribution in [0.1, 0.15) is 25.2 Å². The number of anilines is 2. The lowest BCUT2D eigenvalue weighted by molar-refractivity contribution is 0.0688. The van der Waals surface area contributed by atoms with Crippen molar-refractivity contribution in [3.05, 3.63) is 89.9 Å². The van der Waals surface area contributed by atoms with Crippen LogP contribution in [0, 0.1) is 18.6 Å². The van der Waals surface area contributed by atoms with Crippen molar-refractivity contribution < 1.29 is 18.7 Å². The van der Waals surface area contributed by atoms with E-state index in [1.165, 1.54) is 11.0 Å². The first-order valence-electron chi connectivity index (χ1n) is 10.7. The Balaban J connectivity index is 1.80. The number of hydrogen-bond acceptors (Lipinski definition) is 5. The fourth-order valence-electron chi connectivity index (χ4n) is 3.57. The van der Waals surface area contributed by atoms with Gasteiger partial charge in [0.05, 0.1) is 17.1 Å². The molecule has 2 aromatic heterocycles. The number of rotatable bonds is 5. The summed E-state index contributed by atoms with van der Waals surface area (Å²) in [5, 5.41) is 10.3. The van der Waals surface area contributed by atoms with Crippen molar-refractivity contribution in [1.82, 2.24) is 15.0 Å². The summed E-state index contributed by atoms with van der Waals surface area (Å²) in [6.07, 6.45) is 1.54. The van der Waals surface area contributed by atoms with Gasteiger partial charge in [0, 0.05) is 23.4 Å². The molecule has 0 aliphatic carbocycles. The molecule has 0 spiro atoms. The molecule has 0 aliphatic rings. The van der Waals surface area contributed by atoms with E-state index in [0.717, 1.165) is 17.7 Å². The van der Waals surface area contributed by atoms with Crippen molar-refractivity contribution in [2.45, 2.75) is 26.4 Å². The Bertz CT molecular complexity index is 1420. The first kappa shape index (κ1) is 23.9. The molecule has 2 aromatic carbocycles. The maximum atomic E-state index is 14.4. The summed E-state index contributed by atoms with van der Waals surface area (Å²) >= 11 is 0. The van der Waals surface area contributed by atoms with Crippen LogP contribution in [-0.4, -0.2) is 26.1 Å². The molecule has 2 amide bonds. The summed E-state index contributed by atoms with van der Waals surface area (Å²) in [6, 6.07) is 14.2. The number of carbonyl (C=O) groups is 1. The third kappa shape index (κ3) is 4.99. The van der Waals surface area contributed by atoms with Gasteiger partial charge in [-0.25, -0.2) is 33.4 Å². The van der Waals surface area contributed by atoms with Gasteiger partial charge in [0.15, 0.2) is 5.82 Å². The van der Waals surface area contributed by atoms with E-state index in [4.69, 9.17) is 5.73 Å². The standard InChI is InChI=1S/C26H23F2N5O2/c1-15-7-8-16(20-11-12-30-24(32-20)26(2,3)35)13-22(15)33(25(29)34)23-6-4-5-21(31-23)18-10-9-17(27)14-19(18)28/h4-14,35H,1-3H3,(H2,29,34). The average molecular weight is 475 g/mol. The molecule has 2 heterocycles. The Morgan fingerprint density at radius 1 is 1.00 bits per heavy atom. The molecular formula is C26H23F2N5O2. The largest absolute Gasteiger partial charge is 0.382 e. The van der Waals surface area contributed by atoms with E-state index in [2.05, 4.69) is 15.0 Å². The normalized spacial score (nSPS) is 11.4. The van der Waals surface area contributed by atoms with Crippen molar-refractivity contribution in [1.29, 1.82) is 0 Å². The summed E-state index contributed by atoms with van der Waals surface area (Å²) in [4.78, 5) is 26.8. The number of pyridine rings is 1. The predicted octanol–water partition coefficient (Wildman–Crippen LogP) is 5.24. The van der Waals surface area contributed by atoms with Crippen LogP contribution in [0.5, 0.6) is 0 Å². The fraction of sp³-hybridized carbons (Fsp3) is 0.154. The fourth-order valence-corrected chi connectivity index (χ4v) is 3.57. The second-order valence-corrected chi connectivity index (χ2v) is 8.50. The van der Waals surface area contributed by atoms with Crippen molar-refractivity contribution in [3.8, 4) is 22.5 Å². The van der Waals surface area contributed by atoms with Crippen LogP contribution in [0.3, 0.4) is 0 Å². The summed E-state index contributed by atoms with van der Waals surface area (Å²) in [6.45, 7) is 4.98. The monoisotopic (exact) mass is 475 g/mol. The van der Waals surface area contributed by atoms with Crippen molar-refractivity contribution in [2.75, 3.05) is 4.90 Å². The molecule has 0 bridgehead atoms. The number of nitrogens with zero attached hydrogens (tertiary/aromatic N) is 4. The highest BCUT2D eigenvalue weighted by Crippen LogP contribution is 2.33. The number of hydrogen-bond donors (Lipinski definition) is 2. The number of carbonyl (C=O) groups excluding carboxylic acids is 1. The number of urea groups is 1. The third-order valence-corrected chi connectivity index (χ3v) is 5.34. The van der Waals surface area contributed by atoms with Gasteiger partial charge in [0.25, 0.3) is 0 Å². The zero-order valence-corrected chi connectivity index (χ0v) is 19.3. The molecule has 0 unspecified atom stereocenters. The number of primary amides is 1. The number of aromatic nitrogens is 3. The van der Waals surface area contributed by atoms with Gasteiger partial charge >= 0.3 is 6.03 Å². The van der Waals surface area contributed by atoms with Crippen LogP contribution in [0.2, 0.25) is 0 Å². The lowest BCUT2D eigenvalue weighted by Crippen LogP contribution is -2.32. The van der Waals surface area contributed by atoms with Crippen LogP contribution in [-0.2, 0) is 5.60 Å². The van der Waals surface area contributed by atoms with Gasteiger partial charge in [-0.3, -0.25) is 0 Å². The maximum Gasteiger partial charge on any atom is 0.325 e. The number of aliphatic hydroxyl groups is 1. The minimum atomic E-state index is -1.23. The highest BCUT2D eigenvalue weighted by Gasteiger charge is 2.22. The highest BCUT2D eigenvalue weighted by molar-refractivity contribution is 5.99. The zero-order chi connectivity index (χ0) is 25.3. The van der Waals surface area contributed by atoms with Crippen LogP contribution >= 0.6 is 0 Å². The Hall–Kier alpha value is -4.24. The molecule has 178 valence electrons. The molecule has 0 fully saturated rings. The van der Waals surface area contributed by atoms with E-state index < -0.39 is 23.3 Å². The number of aryl methyl sites for hydroxylation is 1. The van der Waals surface area contributed by atoms with Crippen LogP contribution < -0.4 is 10.6 Å². The Labute approximate surface area is 200 Å². The minimum Gasteiger partial charge on any atom is -0.382 e. The number of nitrogens with two attached hydrogens (primary N) is 1. The minimum absolute atomic E-state index is 0.0864. The van der Waals surface area contributed by atoms with Gasteiger partial charge < -0.3 is 10.8 Å². The van der Waals surface area contributed by atoms with Crippen LogP contribution in [0.4, 0.5) is 25.1 Å². The molecule has 3 N–H and O–H groups in total. The summed E-state index contributed by atoms with van der Waals surface area (Å²) in [5.41, 5.74) is 7.18. The number of benzene rings is 2. The molecule has 0 saturated heterocycles. The highest BCUT2D eigenvalue weighted by atomic mass is 19.1.